The van der Waals surface area contributed by atoms with Crippen LogP contribution in [-0.2, 0) is 9.47 Å². The van der Waals surface area contributed by atoms with Gasteiger partial charge < -0.3 is 14.8 Å². The second kappa shape index (κ2) is 5.84. The number of nitrogens with one attached hydrogen (secondary N) is 1. The molecular formula is C17H25NO2. The van der Waals surface area contributed by atoms with Gasteiger partial charge in [-0.3, -0.25) is 0 Å². The van der Waals surface area contributed by atoms with Crippen LogP contribution in [0.1, 0.15) is 43.4 Å². The van der Waals surface area contributed by atoms with Crippen LogP contribution in [0.5, 0.6) is 0 Å². The SMILES string of the molecule is Cc1ccc([C@@H](C)NC2CCOC3(CCOC3)C2)cc1. The van der Waals surface area contributed by atoms with Crippen molar-refractivity contribution in [3.63, 3.8) is 0 Å². The molecule has 0 aromatic heterocycles. The Hall–Kier alpha value is -0.900. The molecule has 0 amide bonds. The van der Waals surface area contributed by atoms with Gasteiger partial charge >= 0.3 is 0 Å². The second-order valence-corrected chi connectivity index (χ2v) is 6.32. The largest absolute Gasteiger partial charge is 0.378 e. The summed E-state index contributed by atoms with van der Waals surface area (Å²) in [5.74, 6) is 0. The Kier molecular flexibility index (Phi) is 4.11. The van der Waals surface area contributed by atoms with E-state index in [0.29, 0.717) is 12.1 Å². The number of hydrogen-bond acceptors (Lipinski definition) is 3. The Balaban J connectivity index is 1.60. The molecule has 2 aliphatic rings. The smallest absolute Gasteiger partial charge is 0.0951 e. The average molecular weight is 275 g/mol. The lowest BCUT2D eigenvalue weighted by molar-refractivity contribution is -0.0902. The lowest BCUT2D eigenvalue weighted by Gasteiger charge is -2.38. The molecule has 2 saturated heterocycles. The fourth-order valence-corrected chi connectivity index (χ4v) is 3.34. The molecule has 110 valence electrons. The van der Waals surface area contributed by atoms with E-state index >= 15 is 0 Å². The molecular weight excluding hydrogens is 250 g/mol. The van der Waals surface area contributed by atoms with Crippen LogP contribution in [0.15, 0.2) is 24.3 Å². The molecule has 2 fully saturated rings. The highest BCUT2D eigenvalue weighted by Gasteiger charge is 2.41. The Bertz CT molecular complexity index is 437. The van der Waals surface area contributed by atoms with E-state index in [9.17, 15) is 0 Å². The van der Waals surface area contributed by atoms with Crippen molar-refractivity contribution in [1.29, 1.82) is 0 Å². The first-order chi connectivity index (χ1) is 9.67. The van der Waals surface area contributed by atoms with Gasteiger partial charge in [-0.15, -0.1) is 0 Å². The Morgan fingerprint density at radius 1 is 1.25 bits per heavy atom. The van der Waals surface area contributed by atoms with Crippen LogP contribution in [0.2, 0.25) is 0 Å². The molecule has 3 heteroatoms. The molecule has 2 unspecified atom stereocenters. The normalized spacial score (nSPS) is 31.6. The van der Waals surface area contributed by atoms with Crippen molar-refractivity contribution in [2.75, 3.05) is 19.8 Å². The third kappa shape index (κ3) is 3.05. The molecule has 1 aromatic rings. The van der Waals surface area contributed by atoms with E-state index in [1.54, 1.807) is 0 Å². The molecule has 2 aliphatic heterocycles. The first-order valence-corrected chi connectivity index (χ1v) is 7.71. The average Bonchev–Trinajstić information content (AvgIpc) is 2.87. The summed E-state index contributed by atoms with van der Waals surface area (Å²) in [5.41, 5.74) is 2.66. The zero-order valence-corrected chi connectivity index (χ0v) is 12.5. The topological polar surface area (TPSA) is 30.5 Å². The highest BCUT2D eigenvalue weighted by Crippen LogP contribution is 2.33. The van der Waals surface area contributed by atoms with Crippen LogP contribution >= 0.6 is 0 Å². The van der Waals surface area contributed by atoms with E-state index in [-0.39, 0.29) is 5.60 Å². The molecule has 3 atom stereocenters. The van der Waals surface area contributed by atoms with Crippen LogP contribution in [0.4, 0.5) is 0 Å². The molecule has 20 heavy (non-hydrogen) atoms. The summed E-state index contributed by atoms with van der Waals surface area (Å²) in [4.78, 5) is 0. The Morgan fingerprint density at radius 2 is 2.05 bits per heavy atom. The molecule has 3 nitrogen and oxygen atoms in total. The van der Waals surface area contributed by atoms with Gasteiger partial charge in [-0.25, -0.2) is 0 Å². The van der Waals surface area contributed by atoms with Gasteiger partial charge in [0.2, 0.25) is 0 Å². The minimum atomic E-state index is -0.0110. The molecule has 0 saturated carbocycles. The summed E-state index contributed by atoms with van der Waals surface area (Å²) in [5, 5.41) is 3.77. The fraction of sp³-hybridized carbons (Fsp3) is 0.647. The quantitative estimate of drug-likeness (QED) is 0.920. The van der Waals surface area contributed by atoms with Crippen LogP contribution in [0.3, 0.4) is 0 Å². The van der Waals surface area contributed by atoms with Crippen molar-refractivity contribution >= 4 is 0 Å². The zero-order valence-electron chi connectivity index (χ0n) is 12.5. The van der Waals surface area contributed by atoms with Crippen molar-refractivity contribution < 1.29 is 9.47 Å². The van der Waals surface area contributed by atoms with E-state index in [1.165, 1.54) is 11.1 Å². The minimum absolute atomic E-state index is 0.0110. The van der Waals surface area contributed by atoms with Gasteiger partial charge in [0.1, 0.15) is 0 Å². The summed E-state index contributed by atoms with van der Waals surface area (Å²) >= 11 is 0. The van der Waals surface area contributed by atoms with E-state index in [4.69, 9.17) is 9.47 Å². The van der Waals surface area contributed by atoms with Crippen molar-refractivity contribution in [1.82, 2.24) is 5.32 Å². The predicted octanol–water partition coefficient (Wildman–Crippen LogP) is 2.98. The minimum Gasteiger partial charge on any atom is -0.378 e. The van der Waals surface area contributed by atoms with Gasteiger partial charge in [0.25, 0.3) is 0 Å². The zero-order chi connectivity index (χ0) is 14.0. The van der Waals surface area contributed by atoms with Gasteiger partial charge in [0.05, 0.1) is 12.2 Å². The number of hydrogen-bond donors (Lipinski definition) is 1. The lowest BCUT2D eigenvalue weighted by Crippen LogP contribution is -2.48. The molecule has 0 aliphatic carbocycles. The second-order valence-electron chi connectivity index (χ2n) is 6.32. The van der Waals surface area contributed by atoms with Crippen LogP contribution in [0.25, 0.3) is 0 Å². The summed E-state index contributed by atoms with van der Waals surface area (Å²) in [7, 11) is 0. The van der Waals surface area contributed by atoms with Crippen LogP contribution in [0, 0.1) is 6.92 Å². The maximum absolute atomic E-state index is 5.99. The Morgan fingerprint density at radius 3 is 2.75 bits per heavy atom. The van der Waals surface area contributed by atoms with Gasteiger partial charge in [-0.05, 0) is 32.3 Å². The van der Waals surface area contributed by atoms with Crippen molar-refractivity contribution in [3.8, 4) is 0 Å². The number of rotatable bonds is 3. The predicted molar refractivity (Wildman–Crippen MR) is 79.9 cm³/mol. The summed E-state index contributed by atoms with van der Waals surface area (Å²) in [6, 6.07) is 9.73. The van der Waals surface area contributed by atoms with Crippen LogP contribution in [-0.4, -0.2) is 31.5 Å². The highest BCUT2D eigenvalue weighted by atomic mass is 16.6. The molecule has 2 heterocycles. The number of aryl methyl sites for hydroxylation is 1. The third-order valence-corrected chi connectivity index (χ3v) is 4.62. The van der Waals surface area contributed by atoms with E-state index in [1.807, 2.05) is 0 Å². The maximum atomic E-state index is 5.99. The molecule has 0 bridgehead atoms. The van der Waals surface area contributed by atoms with Crippen molar-refractivity contribution in [3.05, 3.63) is 35.4 Å². The first kappa shape index (κ1) is 14.1. The van der Waals surface area contributed by atoms with E-state index in [2.05, 4.69) is 43.4 Å². The molecule has 1 N–H and O–H groups in total. The summed E-state index contributed by atoms with van der Waals surface area (Å²) in [6.45, 7) is 6.84. The molecule has 1 spiro atoms. The van der Waals surface area contributed by atoms with Gasteiger partial charge in [-0.2, -0.15) is 0 Å². The number of benzene rings is 1. The molecule has 0 radical (unpaired) electrons. The standard InChI is InChI=1S/C17H25NO2/c1-13-3-5-15(6-4-13)14(2)18-16-7-9-20-17(11-16)8-10-19-12-17/h3-6,14,16,18H,7-12H2,1-2H3/t14-,16?,17?/m1/s1. The molecule has 3 rings (SSSR count). The third-order valence-electron chi connectivity index (χ3n) is 4.62. The van der Waals surface area contributed by atoms with Gasteiger partial charge in [0.15, 0.2) is 0 Å². The van der Waals surface area contributed by atoms with E-state index in [0.717, 1.165) is 39.1 Å². The van der Waals surface area contributed by atoms with Crippen LogP contribution < -0.4 is 5.32 Å². The molecule has 1 aromatic carbocycles. The van der Waals surface area contributed by atoms with Gasteiger partial charge in [0, 0.05) is 31.7 Å². The maximum Gasteiger partial charge on any atom is 0.0951 e. The van der Waals surface area contributed by atoms with Crippen molar-refractivity contribution in [2.24, 2.45) is 0 Å². The summed E-state index contributed by atoms with van der Waals surface area (Å²) in [6.07, 6.45) is 3.21. The lowest BCUT2D eigenvalue weighted by atomic mass is 9.89. The van der Waals surface area contributed by atoms with Gasteiger partial charge in [-0.1, -0.05) is 29.8 Å². The monoisotopic (exact) mass is 275 g/mol. The highest BCUT2D eigenvalue weighted by molar-refractivity contribution is 5.23. The fourth-order valence-electron chi connectivity index (χ4n) is 3.34. The summed E-state index contributed by atoms with van der Waals surface area (Å²) < 4.78 is 11.5. The van der Waals surface area contributed by atoms with E-state index < -0.39 is 0 Å². The van der Waals surface area contributed by atoms with Crippen molar-refractivity contribution in [2.45, 2.75) is 50.8 Å². The first-order valence-electron chi connectivity index (χ1n) is 7.71. The Labute approximate surface area is 121 Å². The number of ether oxygens (including phenoxy) is 2.